The largest absolute Gasteiger partial charge is 0.507 e. The van der Waals surface area contributed by atoms with Gasteiger partial charge in [0.2, 0.25) is 0 Å². The molecule has 1 fully saturated rings. The summed E-state index contributed by atoms with van der Waals surface area (Å²) in [7, 11) is 3.16. The van der Waals surface area contributed by atoms with Crippen molar-refractivity contribution in [2.24, 2.45) is 0 Å². The lowest BCUT2D eigenvalue weighted by Gasteiger charge is -2.27. The van der Waals surface area contributed by atoms with Crippen LogP contribution in [0.5, 0.6) is 11.5 Å². The summed E-state index contributed by atoms with van der Waals surface area (Å²) in [6.45, 7) is 10.0. The van der Waals surface area contributed by atoms with E-state index in [-0.39, 0.29) is 16.7 Å². The van der Waals surface area contributed by atoms with E-state index in [9.17, 15) is 14.7 Å². The first kappa shape index (κ1) is 26.0. The molecule has 0 aromatic heterocycles. The predicted octanol–water partition coefficient (Wildman–Crippen LogP) is 6.24. The van der Waals surface area contributed by atoms with E-state index in [0.29, 0.717) is 28.3 Å². The summed E-state index contributed by atoms with van der Waals surface area (Å²) in [5.41, 5.74) is 4.24. The molecule has 0 bridgehead atoms. The molecule has 1 amide bonds. The van der Waals surface area contributed by atoms with E-state index in [0.717, 1.165) is 16.7 Å². The number of amides is 1. The molecule has 1 aliphatic rings. The molecular weight excluding hydrogens is 466 g/mol. The maximum absolute atomic E-state index is 13.6. The molecule has 1 unspecified atom stereocenters. The number of aliphatic hydroxyl groups excluding tert-OH is 1. The van der Waals surface area contributed by atoms with E-state index in [4.69, 9.17) is 9.47 Å². The van der Waals surface area contributed by atoms with Gasteiger partial charge in [0.15, 0.2) is 0 Å². The number of anilines is 1. The summed E-state index contributed by atoms with van der Waals surface area (Å²) < 4.78 is 11.0. The third-order valence-corrected chi connectivity index (χ3v) is 6.75. The van der Waals surface area contributed by atoms with Crippen LogP contribution in [0.2, 0.25) is 0 Å². The van der Waals surface area contributed by atoms with Gasteiger partial charge in [-0.3, -0.25) is 14.5 Å². The molecule has 192 valence electrons. The molecule has 1 saturated heterocycles. The number of aryl methyl sites for hydroxylation is 2. The maximum atomic E-state index is 13.6. The molecule has 37 heavy (non-hydrogen) atoms. The number of aliphatic hydroxyl groups is 1. The van der Waals surface area contributed by atoms with E-state index >= 15 is 0 Å². The van der Waals surface area contributed by atoms with Crippen molar-refractivity contribution >= 4 is 23.1 Å². The monoisotopic (exact) mass is 499 g/mol. The normalized spacial score (nSPS) is 17.3. The minimum atomic E-state index is -0.836. The Morgan fingerprint density at radius 3 is 2.27 bits per heavy atom. The van der Waals surface area contributed by atoms with Crippen molar-refractivity contribution in [3.63, 3.8) is 0 Å². The summed E-state index contributed by atoms with van der Waals surface area (Å²) in [4.78, 5) is 28.6. The number of hydrogen-bond acceptors (Lipinski definition) is 5. The van der Waals surface area contributed by atoms with E-state index in [1.54, 1.807) is 44.6 Å². The molecule has 3 aromatic carbocycles. The van der Waals surface area contributed by atoms with Gasteiger partial charge in [-0.2, -0.15) is 0 Å². The molecular formula is C31H33NO5. The number of benzene rings is 3. The molecule has 1 atom stereocenters. The number of Topliss-reactive ketones (excluding diaryl/α,β-unsaturated/α-hetero) is 1. The molecule has 1 N–H and O–H groups in total. The molecule has 0 saturated carbocycles. The molecule has 6 nitrogen and oxygen atoms in total. The van der Waals surface area contributed by atoms with Gasteiger partial charge in [-0.25, -0.2) is 0 Å². The van der Waals surface area contributed by atoms with Crippen molar-refractivity contribution in [1.29, 1.82) is 0 Å². The van der Waals surface area contributed by atoms with Crippen molar-refractivity contribution in [2.75, 3.05) is 19.1 Å². The second-order valence-electron chi connectivity index (χ2n) is 10.4. The Hall–Kier alpha value is -4.06. The van der Waals surface area contributed by atoms with E-state index in [1.807, 2.05) is 65.0 Å². The quantitative estimate of drug-likeness (QED) is 0.255. The highest BCUT2D eigenvalue weighted by molar-refractivity contribution is 6.51. The van der Waals surface area contributed by atoms with Crippen molar-refractivity contribution in [1.82, 2.24) is 0 Å². The summed E-state index contributed by atoms with van der Waals surface area (Å²) in [6.07, 6.45) is 0. The SMILES string of the molecule is COc1cccc(C2/C(=C(/O)c3ccc(OC)c(C(C)(C)C)c3)C(=O)C(=O)N2c2ccc(C)cc2C)c1. The Morgan fingerprint density at radius 2 is 1.65 bits per heavy atom. The van der Waals surface area contributed by atoms with Gasteiger partial charge < -0.3 is 14.6 Å². The Balaban J connectivity index is 1.99. The molecule has 0 aliphatic carbocycles. The summed E-state index contributed by atoms with van der Waals surface area (Å²) >= 11 is 0. The molecule has 0 radical (unpaired) electrons. The Morgan fingerprint density at radius 1 is 0.919 bits per heavy atom. The average molecular weight is 500 g/mol. The fourth-order valence-corrected chi connectivity index (χ4v) is 4.88. The van der Waals surface area contributed by atoms with Gasteiger partial charge in [-0.05, 0) is 66.8 Å². The number of nitrogens with zero attached hydrogens (tertiary/aromatic N) is 1. The molecule has 4 rings (SSSR count). The first-order chi connectivity index (χ1) is 17.5. The van der Waals surface area contributed by atoms with E-state index in [1.165, 1.54) is 4.90 Å². The lowest BCUT2D eigenvalue weighted by Crippen LogP contribution is -2.30. The minimum absolute atomic E-state index is 0.0308. The van der Waals surface area contributed by atoms with Crippen LogP contribution in [0.4, 0.5) is 5.69 Å². The summed E-state index contributed by atoms with van der Waals surface area (Å²) in [6, 6.07) is 17.4. The highest BCUT2D eigenvalue weighted by atomic mass is 16.5. The zero-order valence-electron chi connectivity index (χ0n) is 22.4. The van der Waals surface area contributed by atoms with Crippen LogP contribution < -0.4 is 14.4 Å². The van der Waals surface area contributed by atoms with Crippen LogP contribution in [0.1, 0.15) is 54.6 Å². The first-order valence-corrected chi connectivity index (χ1v) is 12.2. The second kappa shape index (κ2) is 9.77. The van der Waals surface area contributed by atoms with Gasteiger partial charge in [0.25, 0.3) is 11.7 Å². The van der Waals surface area contributed by atoms with Crippen molar-refractivity contribution in [2.45, 2.75) is 46.1 Å². The van der Waals surface area contributed by atoms with Crippen LogP contribution in [0, 0.1) is 13.8 Å². The maximum Gasteiger partial charge on any atom is 0.300 e. The highest BCUT2D eigenvalue weighted by Gasteiger charge is 2.47. The lowest BCUT2D eigenvalue weighted by molar-refractivity contribution is -0.132. The van der Waals surface area contributed by atoms with Gasteiger partial charge in [-0.1, -0.05) is 50.6 Å². The Labute approximate surface area is 218 Å². The topological polar surface area (TPSA) is 76.1 Å². The van der Waals surface area contributed by atoms with Gasteiger partial charge >= 0.3 is 0 Å². The Bertz CT molecular complexity index is 1410. The van der Waals surface area contributed by atoms with Crippen LogP contribution in [0.25, 0.3) is 5.76 Å². The van der Waals surface area contributed by atoms with Crippen LogP contribution in [-0.4, -0.2) is 31.0 Å². The number of ketones is 1. The third-order valence-electron chi connectivity index (χ3n) is 6.75. The third kappa shape index (κ3) is 4.71. The second-order valence-corrected chi connectivity index (χ2v) is 10.4. The minimum Gasteiger partial charge on any atom is -0.507 e. The number of rotatable bonds is 5. The Kier molecular flexibility index (Phi) is 6.87. The summed E-state index contributed by atoms with van der Waals surface area (Å²) in [5.74, 6) is -0.386. The van der Waals surface area contributed by atoms with E-state index < -0.39 is 17.7 Å². The zero-order valence-corrected chi connectivity index (χ0v) is 22.4. The van der Waals surface area contributed by atoms with Crippen LogP contribution in [-0.2, 0) is 15.0 Å². The lowest BCUT2D eigenvalue weighted by atomic mass is 9.84. The van der Waals surface area contributed by atoms with Crippen LogP contribution in [0.15, 0.2) is 66.2 Å². The highest BCUT2D eigenvalue weighted by Crippen LogP contribution is 2.44. The molecule has 6 heteroatoms. The summed E-state index contributed by atoms with van der Waals surface area (Å²) in [5, 5.41) is 11.6. The first-order valence-electron chi connectivity index (χ1n) is 12.2. The standard InChI is InChI=1S/C31H33NO5/c1-18-11-13-24(19(2)15-18)32-27(20-9-8-10-22(16-20)36-6)26(29(34)30(32)35)28(33)21-12-14-25(37-7)23(17-21)31(3,4)5/h8-17,27,33H,1-7H3/b28-26-. The number of hydrogen-bond donors (Lipinski definition) is 1. The molecule has 0 spiro atoms. The van der Waals surface area contributed by atoms with Crippen molar-refractivity contribution < 1.29 is 24.2 Å². The fourth-order valence-electron chi connectivity index (χ4n) is 4.88. The number of carbonyl (C=O) groups excluding carboxylic acids is 2. The smallest absolute Gasteiger partial charge is 0.300 e. The van der Waals surface area contributed by atoms with Crippen molar-refractivity contribution in [3.8, 4) is 11.5 Å². The van der Waals surface area contributed by atoms with Gasteiger partial charge in [0.05, 0.1) is 25.8 Å². The number of methoxy groups -OCH3 is 2. The number of carbonyl (C=O) groups is 2. The molecule has 1 aliphatic heterocycles. The van der Waals surface area contributed by atoms with Gasteiger partial charge in [0.1, 0.15) is 17.3 Å². The molecule has 1 heterocycles. The fraction of sp³-hybridized carbons (Fsp3) is 0.290. The van der Waals surface area contributed by atoms with E-state index in [2.05, 4.69) is 0 Å². The van der Waals surface area contributed by atoms with Gasteiger partial charge in [-0.15, -0.1) is 0 Å². The van der Waals surface area contributed by atoms with Gasteiger partial charge in [0, 0.05) is 16.8 Å². The number of ether oxygens (including phenoxy) is 2. The average Bonchev–Trinajstić information content (AvgIpc) is 3.13. The van der Waals surface area contributed by atoms with Crippen molar-refractivity contribution in [3.05, 3.63) is 94.1 Å². The molecule has 3 aromatic rings. The van der Waals surface area contributed by atoms with Crippen LogP contribution in [0.3, 0.4) is 0 Å². The van der Waals surface area contributed by atoms with Crippen LogP contribution >= 0.6 is 0 Å². The predicted molar refractivity (Wildman–Crippen MR) is 145 cm³/mol. The zero-order chi connectivity index (χ0) is 27.1.